The highest BCUT2D eigenvalue weighted by Crippen LogP contribution is 2.33. The summed E-state index contributed by atoms with van der Waals surface area (Å²) >= 11 is 0. The molecule has 0 aromatic heterocycles. The van der Waals surface area contributed by atoms with Gasteiger partial charge in [0.2, 0.25) is 5.91 Å². The van der Waals surface area contributed by atoms with Crippen molar-refractivity contribution < 1.29 is 9.53 Å². The SMILES string of the molecule is CCNC(=NCc1ccc(NC(=O)C(C)C)cc1)NCC1CCCOC1C(C)(C)C. The summed E-state index contributed by atoms with van der Waals surface area (Å²) in [5, 5.41) is 9.77. The molecule has 168 valence electrons. The molecule has 1 aromatic carbocycles. The van der Waals surface area contributed by atoms with Crippen molar-refractivity contribution in [3.63, 3.8) is 0 Å². The van der Waals surface area contributed by atoms with Gasteiger partial charge in [0, 0.05) is 37.2 Å². The standard InChI is InChI=1S/C24H40N4O2/c1-7-25-23(27-16-19-9-8-14-30-21(19)24(4,5)6)26-15-18-10-12-20(13-11-18)28-22(29)17(2)3/h10-13,17,19,21H,7-9,14-16H2,1-6H3,(H,28,29)(H2,25,26,27). The monoisotopic (exact) mass is 416 g/mol. The fraction of sp³-hybridized carbons (Fsp3) is 0.667. The van der Waals surface area contributed by atoms with Gasteiger partial charge in [-0.2, -0.15) is 0 Å². The minimum atomic E-state index is -0.0320. The number of nitrogens with zero attached hydrogens (tertiary/aromatic N) is 1. The summed E-state index contributed by atoms with van der Waals surface area (Å²) in [5.74, 6) is 1.30. The second-order valence-electron chi connectivity index (χ2n) is 9.48. The zero-order chi connectivity index (χ0) is 22.1. The van der Waals surface area contributed by atoms with Crippen LogP contribution < -0.4 is 16.0 Å². The third-order valence-electron chi connectivity index (χ3n) is 5.34. The van der Waals surface area contributed by atoms with Crippen LogP contribution in [-0.2, 0) is 16.1 Å². The first-order chi connectivity index (χ1) is 14.2. The third kappa shape index (κ3) is 7.63. The molecular formula is C24H40N4O2. The van der Waals surface area contributed by atoms with Crippen LogP contribution in [0.15, 0.2) is 29.3 Å². The minimum absolute atomic E-state index is 0.0275. The number of amides is 1. The Morgan fingerprint density at radius 3 is 2.50 bits per heavy atom. The first kappa shape index (κ1) is 24.2. The van der Waals surface area contributed by atoms with Gasteiger partial charge in [0.05, 0.1) is 12.6 Å². The molecule has 0 radical (unpaired) electrons. The number of rotatable bonds is 7. The van der Waals surface area contributed by atoms with Gasteiger partial charge in [0.1, 0.15) is 0 Å². The van der Waals surface area contributed by atoms with Crippen LogP contribution >= 0.6 is 0 Å². The van der Waals surface area contributed by atoms with E-state index in [1.807, 2.05) is 38.1 Å². The molecule has 6 heteroatoms. The third-order valence-corrected chi connectivity index (χ3v) is 5.34. The normalized spacial score (nSPS) is 20.2. The second-order valence-corrected chi connectivity index (χ2v) is 9.48. The molecule has 2 atom stereocenters. The highest BCUT2D eigenvalue weighted by atomic mass is 16.5. The van der Waals surface area contributed by atoms with Crippen molar-refractivity contribution in [1.82, 2.24) is 10.6 Å². The smallest absolute Gasteiger partial charge is 0.226 e. The molecular weight excluding hydrogens is 376 g/mol. The van der Waals surface area contributed by atoms with Gasteiger partial charge in [0.25, 0.3) is 0 Å². The molecule has 3 N–H and O–H groups in total. The number of aliphatic imine (C=N–C) groups is 1. The molecule has 0 spiro atoms. The average Bonchev–Trinajstić information content (AvgIpc) is 2.70. The van der Waals surface area contributed by atoms with Gasteiger partial charge in [-0.25, -0.2) is 4.99 Å². The van der Waals surface area contributed by atoms with Crippen LogP contribution in [0, 0.1) is 17.3 Å². The van der Waals surface area contributed by atoms with Gasteiger partial charge in [-0.3, -0.25) is 4.79 Å². The summed E-state index contributed by atoms with van der Waals surface area (Å²) in [6.45, 7) is 15.7. The van der Waals surface area contributed by atoms with Gasteiger partial charge in [0.15, 0.2) is 5.96 Å². The Balaban J connectivity index is 1.94. The Morgan fingerprint density at radius 1 is 1.20 bits per heavy atom. The van der Waals surface area contributed by atoms with E-state index in [9.17, 15) is 4.79 Å². The van der Waals surface area contributed by atoms with E-state index in [1.165, 1.54) is 6.42 Å². The van der Waals surface area contributed by atoms with Crippen molar-refractivity contribution in [3.05, 3.63) is 29.8 Å². The predicted molar refractivity (Wildman–Crippen MR) is 125 cm³/mol. The van der Waals surface area contributed by atoms with Gasteiger partial charge in [-0.05, 0) is 42.9 Å². The van der Waals surface area contributed by atoms with E-state index in [4.69, 9.17) is 9.73 Å². The van der Waals surface area contributed by atoms with E-state index in [2.05, 4.69) is 43.6 Å². The second kappa shape index (κ2) is 11.3. The lowest BCUT2D eigenvalue weighted by Crippen LogP contribution is -2.47. The number of benzene rings is 1. The van der Waals surface area contributed by atoms with Crippen molar-refractivity contribution in [1.29, 1.82) is 0 Å². The number of ether oxygens (including phenoxy) is 1. The number of hydrogen-bond acceptors (Lipinski definition) is 3. The fourth-order valence-corrected chi connectivity index (χ4v) is 3.73. The molecule has 2 unspecified atom stereocenters. The van der Waals surface area contributed by atoms with Crippen LogP contribution in [0.25, 0.3) is 0 Å². The van der Waals surface area contributed by atoms with Gasteiger partial charge < -0.3 is 20.7 Å². The zero-order valence-electron chi connectivity index (χ0n) is 19.5. The van der Waals surface area contributed by atoms with Crippen molar-refractivity contribution in [3.8, 4) is 0 Å². The highest BCUT2D eigenvalue weighted by Gasteiger charge is 2.35. The largest absolute Gasteiger partial charge is 0.377 e. The lowest BCUT2D eigenvalue weighted by atomic mass is 9.78. The number of carbonyl (C=O) groups excluding carboxylic acids is 1. The summed E-state index contributed by atoms with van der Waals surface area (Å²) < 4.78 is 6.10. The molecule has 0 bridgehead atoms. The van der Waals surface area contributed by atoms with Crippen LogP contribution in [0.4, 0.5) is 5.69 Å². The Hall–Kier alpha value is -2.08. The number of nitrogens with one attached hydrogen (secondary N) is 3. The molecule has 0 aliphatic carbocycles. The van der Waals surface area contributed by atoms with Crippen LogP contribution in [0.2, 0.25) is 0 Å². The van der Waals surface area contributed by atoms with Crippen LogP contribution in [0.5, 0.6) is 0 Å². The summed E-state index contributed by atoms with van der Waals surface area (Å²) in [6.07, 6.45) is 2.56. The maximum atomic E-state index is 11.8. The molecule has 1 aliphatic heterocycles. The Labute approximate surface area is 182 Å². The quantitative estimate of drug-likeness (QED) is 0.460. The molecule has 2 rings (SSSR count). The minimum Gasteiger partial charge on any atom is -0.377 e. The van der Waals surface area contributed by atoms with Gasteiger partial charge in [-0.1, -0.05) is 46.8 Å². The molecule has 1 saturated heterocycles. The maximum Gasteiger partial charge on any atom is 0.226 e. The number of anilines is 1. The van der Waals surface area contributed by atoms with E-state index in [0.717, 1.165) is 43.3 Å². The molecule has 1 heterocycles. The molecule has 1 aliphatic rings. The topological polar surface area (TPSA) is 74.8 Å². The lowest BCUT2D eigenvalue weighted by molar-refractivity contribution is -0.118. The van der Waals surface area contributed by atoms with E-state index >= 15 is 0 Å². The first-order valence-electron chi connectivity index (χ1n) is 11.2. The molecule has 1 amide bonds. The summed E-state index contributed by atoms with van der Waals surface area (Å²) in [5.41, 5.74) is 2.05. The molecule has 30 heavy (non-hydrogen) atoms. The van der Waals surface area contributed by atoms with Crippen molar-refractivity contribution >= 4 is 17.6 Å². The molecule has 1 aromatic rings. The van der Waals surface area contributed by atoms with E-state index < -0.39 is 0 Å². The van der Waals surface area contributed by atoms with Crippen molar-refractivity contribution in [2.75, 3.05) is 25.0 Å². The van der Waals surface area contributed by atoms with Gasteiger partial charge in [-0.15, -0.1) is 0 Å². The Kier molecular flexibility index (Phi) is 9.15. The number of guanidine groups is 1. The Morgan fingerprint density at radius 2 is 1.90 bits per heavy atom. The summed E-state index contributed by atoms with van der Waals surface area (Å²) in [4.78, 5) is 16.6. The number of carbonyl (C=O) groups is 1. The molecule has 1 fully saturated rings. The van der Waals surface area contributed by atoms with Gasteiger partial charge >= 0.3 is 0 Å². The van der Waals surface area contributed by atoms with Crippen molar-refractivity contribution in [2.24, 2.45) is 22.2 Å². The zero-order valence-corrected chi connectivity index (χ0v) is 19.5. The highest BCUT2D eigenvalue weighted by molar-refractivity contribution is 5.92. The summed E-state index contributed by atoms with van der Waals surface area (Å²) in [6, 6.07) is 7.87. The maximum absolute atomic E-state index is 11.8. The van der Waals surface area contributed by atoms with Crippen molar-refractivity contribution in [2.45, 2.75) is 67.0 Å². The van der Waals surface area contributed by atoms with E-state index in [-0.39, 0.29) is 23.3 Å². The first-order valence-corrected chi connectivity index (χ1v) is 11.2. The Bertz CT molecular complexity index is 692. The summed E-state index contributed by atoms with van der Waals surface area (Å²) in [7, 11) is 0. The molecule has 0 saturated carbocycles. The van der Waals surface area contributed by atoms with E-state index in [1.54, 1.807) is 0 Å². The van der Waals surface area contributed by atoms with Crippen LogP contribution in [-0.4, -0.2) is 37.7 Å². The van der Waals surface area contributed by atoms with E-state index in [0.29, 0.717) is 12.5 Å². The van der Waals surface area contributed by atoms with Crippen LogP contribution in [0.1, 0.15) is 59.9 Å². The molecule has 6 nitrogen and oxygen atoms in total. The number of hydrogen-bond donors (Lipinski definition) is 3. The predicted octanol–water partition coefficient (Wildman–Crippen LogP) is 4.18. The fourth-order valence-electron chi connectivity index (χ4n) is 3.73. The average molecular weight is 417 g/mol. The van der Waals surface area contributed by atoms with Crippen LogP contribution in [0.3, 0.4) is 0 Å². The lowest BCUT2D eigenvalue weighted by Gasteiger charge is -2.40.